The minimum Gasteiger partial charge on any atom is -0.486 e. The lowest BCUT2D eigenvalue weighted by Crippen LogP contribution is -2.43. The predicted molar refractivity (Wildman–Crippen MR) is 143 cm³/mol. The number of fused-ring (bicyclic) bond motifs is 1. The molecule has 0 radical (unpaired) electrons. The molecule has 0 saturated heterocycles. The molecule has 3 aromatic rings. The van der Waals surface area contributed by atoms with Gasteiger partial charge < -0.3 is 9.84 Å². The molecule has 3 aromatic carbocycles. The second kappa shape index (κ2) is 10.6. The summed E-state index contributed by atoms with van der Waals surface area (Å²) in [6.07, 6.45) is 1.09. The molecule has 0 bridgehead atoms. The van der Waals surface area contributed by atoms with E-state index in [1.54, 1.807) is 55.5 Å². The molecule has 1 atom stereocenters. The van der Waals surface area contributed by atoms with Gasteiger partial charge in [0, 0.05) is 12.0 Å². The van der Waals surface area contributed by atoms with Crippen molar-refractivity contribution >= 4 is 44.9 Å². The topological polar surface area (TPSA) is 83.9 Å². The van der Waals surface area contributed by atoms with Gasteiger partial charge in [-0.15, -0.1) is 0 Å². The van der Waals surface area contributed by atoms with E-state index < -0.39 is 27.9 Å². The average molecular weight is 544 g/mol. The molecule has 4 rings (SSSR count). The number of ether oxygens (including phenoxy) is 1. The second-order valence-corrected chi connectivity index (χ2v) is 11.4. The molecule has 0 aromatic heterocycles. The van der Waals surface area contributed by atoms with E-state index in [9.17, 15) is 17.6 Å². The highest BCUT2D eigenvalue weighted by molar-refractivity contribution is 7.92. The van der Waals surface area contributed by atoms with E-state index in [1.165, 1.54) is 16.4 Å². The Morgan fingerprint density at radius 1 is 1.16 bits per heavy atom. The van der Waals surface area contributed by atoms with Crippen molar-refractivity contribution in [3.63, 3.8) is 0 Å². The quantitative estimate of drug-likeness (QED) is 0.345. The number of allylic oxidation sites excluding steroid dienone is 1. The summed E-state index contributed by atoms with van der Waals surface area (Å²) in [7, 11) is -3.99. The fourth-order valence-electron chi connectivity index (χ4n) is 4.28. The molecular formula is C28H27ClFNO5S. The van der Waals surface area contributed by atoms with Gasteiger partial charge >= 0.3 is 5.97 Å². The molecule has 1 N–H and O–H groups in total. The number of hydrogen-bond acceptors (Lipinski definition) is 4. The molecular weight excluding hydrogens is 517 g/mol. The molecule has 0 fully saturated rings. The van der Waals surface area contributed by atoms with Crippen molar-refractivity contribution in [2.24, 2.45) is 0 Å². The number of hydrogen-bond donors (Lipinski definition) is 1. The van der Waals surface area contributed by atoms with Gasteiger partial charge in [0.1, 0.15) is 17.7 Å². The summed E-state index contributed by atoms with van der Waals surface area (Å²) in [5, 5.41) is 9.40. The minimum atomic E-state index is -3.99. The van der Waals surface area contributed by atoms with Gasteiger partial charge in [0.25, 0.3) is 10.0 Å². The van der Waals surface area contributed by atoms with Crippen LogP contribution in [0.25, 0.3) is 11.6 Å². The molecule has 0 amide bonds. The normalized spacial score (nSPS) is 15.8. The van der Waals surface area contributed by atoms with Crippen LogP contribution in [0.4, 0.5) is 10.1 Å². The third-order valence-electron chi connectivity index (χ3n) is 6.40. The number of carboxylic acids is 1. The maximum Gasteiger partial charge on any atom is 0.303 e. The van der Waals surface area contributed by atoms with Crippen LogP contribution in [0.5, 0.6) is 5.75 Å². The summed E-state index contributed by atoms with van der Waals surface area (Å²) < 4.78 is 49.3. The largest absolute Gasteiger partial charge is 0.486 e. The number of sulfonamides is 1. The van der Waals surface area contributed by atoms with Gasteiger partial charge in [0.05, 0.1) is 22.2 Å². The van der Waals surface area contributed by atoms with Crippen LogP contribution < -0.4 is 9.04 Å². The van der Waals surface area contributed by atoms with Crippen molar-refractivity contribution in [1.82, 2.24) is 0 Å². The van der Waals surface area contributed by atoms with Crippen LogP contribution >= 0.6 is 11.6 Å². The second-order valence-electron chi connectivity index (χ2n) is 9.11. The van der Waals surface area contributed by atoms with Crippen LogP contribution in [0.15, 0.2) is 59.5 Å². The van der Waals surface area contributed by atoms with Crippen LogP contribution in [-0.4, -0.2) is 32.1 Å². The molecule has 1 aliphatic heterocycles. The fourth-order valence-corrected chi connectivity index (χ4v) is 6.18. The lowest BCUT2D eigenvalue weighted by molar-refractivity contribution is -0.137. The highest BCUT2D eigenvalue weighted by Gasteiger charge is 2.35. The zero-order chi connectivity index (χ0) is 26.9. The summed E-state index contributed by atoms with van der Waals surface area (Å²) in [4.78, 5) is 11.3. The standard InChI is InChI=1S/C28H27ClFNO5S/c1-17-7-10-22(14-18(17)2)37(34,35)31-16-21(9-12-27(32)33)36-26-11-8-20(15-25(26)31)13-19(3)28-23(29)5-4-6-24(28)30/h4-8,10-11,13-15,21H,9,12,16H2,1-3H3,(H,32,33)/b19-13+/t21-/m0/s1. The van der Waals surface area contributed by atoms with Crippen LogP contribution in [0.3, 0.4) is 0 Å². The Kier molecular flexibility index (Phi) is 7.62. The van der Waals surface area contributed by atoms with Gasteiger partial charge in [-0.25, -0.2) is 12.8 Å². The Balaban J connectivity index is 1.79. The molecule has 9 heteroatoms. The molecule has 0 saturated carbocycles. The van der Waals surface area contributed by atoms with Crippen LogP contribution in [0.1, 0.15) is 42.0 Å². The smallest absolute Gasteiger partial charge is 0.303 e. The highest BCUT2D eigenvalue weighted by Crippen LogP contribution is 2.39. The van der Waals surface area contributed by atoms with E-state index in [1.807, 2.05) is 13.8 Å². The monoisotopic (exact) mass is 543 g/mol. The van der Waals surface area contributed by atoms with Crippen molar-refractivity contribution in [3.8, 4) is 5.75 Å². The number of rotatable bonds is 7. The lowest BCUT2D eigenvalue weighted by atomic mass is 10.0. The van der Waals surface area contributed by atoms with Crippen molar-refractivity contribution in [1.29, 1.82) is 0 Å². The molecule has 1 aliphatic rings. The molecule has 1 heterocycles. The Hall–Kier alpha value is -3.36. The molecule has 0 unspecified atom stereocenters. The Morgan fingerprint density at radius 3 is 2.59 bits per heavy atom. The molecule has 194 valence electrons. The van der Waals surface area contributed by atoms with Crippen molar-refractivity contribution < 1.29 is 27.4 Å². The number of aryl methyl sites for hydroxylation is 2. The van der Waals surface area contributed by atoms with Crippen LogP contribution in [0, 0.1) is 19.7 Å². The number of carboxylic acid groups (broad SMARTS) is 1. The number of carbonyl (C=O) groups is 1. The third-order valence-corrected chi connectivity index (χ3v) is 8.49. The number of aliphatic carboxylic acids is 1. The van der Waals surface area contributed by atoms with E-state index in [-0.39, 0.29) is 34.9 Å². The predicted octanol–water partition coefficient (Wildman–Crippen LogP) is 6.48. The summed E-state index contributed by atoms with van der Waals surface area (Å²) in [5.41, 5.74) is 3.60. The van der Waals surface area contributed by atoms with Crippen LogP contribution in [-0.2, 0) is 14.8 Å². The lowest BCUT2D eigenvalue weighted by Gasteiger charge is -2.35. The molecule has 0 spiro atoms. The van der Waals surface area contributed by atoms with E-state index in [2.05, 4.69) is 0 Å². The summed E-state index contributed by atoms with van der Waals surface area (Å²) in [6.45, 7) is 5.43. The van der Waals surface area contributed by atoms with Gasteiger partial charge in [-0.1, -0.05) is 35.9 Å². The van der Waals surface area contributed by atoms with Gasteiger partial charge in [-0.2, -0.15) is 0 Å². The number of anilines is 1. The van der Waals surface area contributed by atoms with Gasteiger partial charge in [-0.3, -0.25) is 9.10 Å². The first-order valence-corrected chi connectivity index (χ1v) is 13.5. The highest BCUT2D eigenvalue weighted by atomic mass is 35.5. The average Bonchev–Trinajstić information content (AvgIpc) is 2.83. The summed E-state index contributed by atoms with van der Waals surface area (Å²) >= 11 is 6.22. The van der Waals surface area contributed by atoms with Gasteiger partial charge in [0.2, 0.25) is 0 Å². The van der Waals surface area contributed by atoms with E-state index in [4.69, 9.17) is 21.4 Å². The number of halogens is 2. The third kappa shape index (κ3) is 5.65. The SMILES string of the molecule is C/C(=C\c1ccc2c(c1)N(S(=O)(=O)c1ccc(C)c(C)c1)C[C@H](CCC(=O)O)O2)c1c(F)cccc1Cl. The first-order chi connectivity index (χ1) is 17.5. The molecule has 37 heavy (non-hydrogen) atoms. The minimum absolute atomic E-state index is 0.0408. The summed E-state index contributed by atoms with van der Waals surface area (Å²) in [6, 6.07) is 14.5. The summed E-state index contributed by atoms with van der Waals surface area (Å²) in [5.74, 6) is -1.11. The Bertz CT molecular complexity index is 1480. The molecule has 6 nitrogen and oxygen atoms in total. The van der Waals surface area contributed by atoms with Crippen LogP contribution in [0.2, 0.25) is 5.02 Å². The maximum atomic E-state index is 14.4. The maximum absolute atomic E-state index is 14.4. The van der Waals surface area contributed by atoms with E-state index >= 15 is 0 Å². The van der Waals surface area contributed by atoms with Crippen molar-refractivity contribution in [3.05, 3.63) is 87.7 Å². The van der Waals surface area contributed by atoms with Gasteiger partial charge in [0.15, 0.2) is 0 Å². The van der Waals surface area contributed by atoms with Gasteiger partial charge in [-0.05, 0) is 85.9 Å². The number of nitrogens with zero attached hydrogens (tertiary/aromatic N) is 1. The first-order valence-electron chi connectivity index (χ1n) is 11.7. The fraction of sp³-hybridized carbons (Fsp3) is 0.250. The van der Waals surface area contributed by atoms with Crippen molar-refractivity contribution in [2.75, 3.05) is 10.8 Å². The molecule has 0 aliphatic carbocycles. The zero-order valence-electron chi connectivity index (χ0n) is 20.7. The van der Waals surface area contributed by atoms with E-state index in [0.717, 1.165) is 11.1 Å². The van der Waals surface area contributed by atoms with Crippen molar-refractivity contribution in [2.45, 2.75) is 44.6 Å². The Labute approximate surface area is 221 Å². The Morgan fingerprint density at radius 2 is 1.92 bits per heavy atom. The first kappa shape index (κ1) is 26.7. The zero-order valence-corrected chi connectivity index (χ0v) is 22.2. The number of benzene rings is 3. The van der Waals surface area contributed by atoms with E-state index in [0.29, 0.717) is 22.6 Å².